The molecule has 1 aromatic carbocycles. The van der Waals surface area contributed by atoms with Gasteiger partial charge < -0.3 is 0 Å². The summed E-state index contributed by atoms with van der Waals surface area (Å²) in [6, 6.07) is 3.44. The molecule has 1 aliphatic rings. The number of nitrogens with zero attached hydrogens (tertiary/aromatic N) is 1. The summed E-state index contributed by atoms with van der Waals surface area (Å²) >= 11 is 1.70. The summed E-state index contributed by atoms with van der Waals surface area (Å²) in [6.45, 7) is 0.834. The molecule has 1 aliphatic heterocycles. The summed E-state index contributed by atoms with van der Waals surface area (Å²) in [5.41, 5.74) is -0.119. The molecule has 18 heavy (non-hydrogen) atoms. The topological polar surface area (TPSA) is 20.3 Å². The fourth-order valence-electron chi connectivity index (χ4n) is 2.02. The number of Topliss-reactive ketones (excluding diaryl/α,β-unsaturated/α-hetero) is 1. The lowest BCUT2D eigenvalue weighted by atomic mass is 10.0. The van der Waals surface area contributed by atoms with Crippen molar-refractivity contribution < 1.29 is 13.6 Å². The van der Waals surface area contributed by atoms with Crippen LogP contribution < -0.4 is 0 Å². The Kier molecular flexibility index (Phi) is 4.35. The van der Waals surface area contributed by atoms with E-state index in [9.17, 15) is 13.6 Å². The van der Waals surface area contributed by atoms with Crippen molar-refractivity contribution in [3.05, 3.63) is 35.4 Å². The summed E-state index contributed by atoms with van der Waals surface area (Å²) < 4.78 is 26.9. The third-order valence-electron chi connectivity index (χ3n) is 3.18. The lowest BCUT2D eigenvalue weighted by Gasteiger charge is -2.30. The molecule has 2 nitrogen and oxygen atoms in total. The van der Waals surface area contributed by atoms with Gasteiger partial charge in [-0.2, -0.15) is 11.8 Å². The number of hydrogen-bond acceptors (Lipinski definition) is 3. The molecule has 1 fully saturated rings. The van der Waals surface area contributed by atoms with Crippen LogP contribution in [-0.2, 0) is 11.2 Å². The minimum Gasteiger partial charge on any atom is -0.298 e. The third-order valence-corrected chi connectivity index (χ3v) is 4.20. The van der Waals surface area contributed by atoms with Crippen LogP contribution in [0.5, 0.6) is 0 Å². The second-order valence-electron chi connectivity index (χ2n) is 4.41. The minimum atomic E-state index is -0.644. The van der Waals surface area contributed by atoms with E-state index in [0.717, 1.165) is 12.3 Å². The second kappa shape index (κ2) is 5.80. The minimum absolute atomic E-state index is 0.117. The molecule has 98 valence electrons. The van der Waals surface area contributed by atoms with Gasteiger partial charge in [-0.1, -0.05) is 6.07 Å². The highest BCUT2D eigenvalue weighted by atomic mass is 32.2. The van der Waals surface area contributed by atoms with Crippen LogP contribution in [0.25, 0.3) is 0 Å². The van der Waals surface area contributed by atoms with E-state index in [-0.39, 0.29) is 23.8 Å². The molecule has 1 unspecified atom stereocenters. The molecule has 1 atom stereocenters. The van der Waals surface area contributed by atoms with E-state index in [4.69, 9.17) is 0 Å². The van der Waals surface area contributed by atoms with Gasteiger partial charge in [0.25, 0.3) is 0 Å². The molecule has 1 aromatic rings. The average molecular weight is 271 g/mol. The molecule has 0 saturated carbocycles. The number of carbonyl (C=O) groups excluding carboxylic acids is 1. The van der Waals surface area contributed by atoms with E-state index in [0.29, 0.717) is 5.75 Å². The van der Waals surface area contributed by atoms with Crippen molar-refractivity contribution in [3.8, 4) is 0 Å². The number of carbonyl (C=O) groups is 1. The summed E-state index contributed by atoms with van der Waals surface area (Å²) in [4.78, 5) is 14.0. The van der Waals surface area contributed by atoms with Gasteiger partial charge in [0.05, 0.1) is 6.04 Å². The molecule has 1 heterocycles. The molecule has 0 spiro atoms. The molecular formula is C13H15F2NOS. The summed E-state index contributed by atoms with van der Waals surface area (Å²) in [7, 11) is 1.87. The van der Waals surface area contributed by atoms with Gasteiger partial charge in [-0.15, -0.1) is 0 Å². The first-order valence-electron chi connectivity index (χ1n) is 5.83. The van der Waals surface area contributed by atoms with Crippen molar-refractivity contribution in [2.45, 2.75) is 12.5 Å². The molecule has 1 saturated heterocycles. The standard InChI is InChI=1S/C13H15F2NOS/c1-16-5-6-18-8-12(16)13(17)7-9-10(14)3-2-4-11(9)15/h2-4,12H,5-8H2,1H3. The predicted octanol–water partition coefficient (Wildman–Crippen LogP) is 2.12. The first-order valence-corrected chi connectivity index (χ1v) is 6.98. The van der Waals surface area contributed by atoms with E-state index in [1.54, 1.807) is 11.8 Å². The summed E-state index contributed by atoms with van der Waals surface area (Å²) in [6.07, 6.45) is -0.173. The lowest BCUT2D eigenvalue weighted by molar-refractivity contribution is -0.122. The Balaban J connectivity index is 2.11. The zero-order valence-electron chi connectivity index (χ0n) is 10.2. The Bertz CT molecular complexity index is 432. The van der Waals surface area contributed by atoms with Gasteiger partial charge in [0, 0.05) is 30.0 Å². The maximum Gasteiger partial charge on any atom is 0.155 e. The Morgan fingerprint density at radius 1 is 1.44 bits per heavy atom. The normalized spacial score (nSPS) is 20.9. The second-order valence-corrected chi connectivity index (χ2v) is 5.56. The molecule has 0 radical (unpaired) electrons. The fourth-order valence-corrected chi connectivity index (χ4v) is 3.27. The van der Waals surface area contributed by atoms with Gasteiger partial charge in [-0.25, -0.2) is 8.78 Å². The number of likely N-dealkylation sites (N-methyl/N-ethyl adjacent to an activating group) is 1. The van der Waals surface area contributed by atoms with Crippen LogP contribution in [0.1, 0.15) is 5.56 Å². The number of rotatable bonds is 3. The van der Waals surface area contributed by atoms with Gasteiger partial charge in [0.1, 0.15) is 11.6 Å². The Morgan fingerprint density at radius 3 is 2.72 bits per heavy atom. The van der Waals surface area contributed by atoms with Crippen molar-refractivity contribution >= 4 is 17.5 Å². The summed E-state index contributed by atoms with van der Waals surface area (Å²) in [5.74, 6) is 0.289. The number of ketones is 1. The van der Waals surface area contributed by atoms with Crippen LogP contribution in [0.3, 0.4) is 0 Å². The number of hydrogen-bond donors (Lipinski definition) is 0. The third kappa shape index (κ3) is 2.90. The van der Waals surface area contributed by atoms with Crippen LogP contribution in [0.15, 0.2) is 18.2 Å². The zero-order chi connectivity index (χ0) is 13.1. The predicted molar refractivity (Wildman–Crippen MR) is 68.8 cm³/mol. The van der Waals surface area contributed by atoms with Crippen molar-refractivity contribution in [2.75, 3.05) is 25.1 Å². The molecular weight excluding hydrogens is 256 g/mol. The number of benzene rings is 1. The number of thioether (sulfide) groups is 1. The molecule has 0 aromatic heterocycles. The SMILES string of the molecule is CN1CCSCC1C(=O)Cc1c(F)cccc1F. The van der Waals surface area contributed by atoms with Crippen molar-refractivity contribution in [1.29, 1.82) is 0 Å². The van der Waals surface area contributed by atoms with E-state index >= 15 is 0 Å². The highest BCUT2D eigenvalue weighted by Gasteiger charge is 2.27. The summed E-state index contributed by atoms with van der Waals surface area (Å²) in [5, 5.41) is 0. The van der Waals surface area contributed by atoms with Gasteiger partial charge in [-0.3, -0.25) is 9.69 Å². The van der Waals surface area contributed by atoms with Gasteiger partial charge >= 0.3 is 0 Å². The van der Waals surface area contributed by atoms with Gasteiger partial charge in [0.2, 0.25) is 0 Å². The number of halogens is 2. The van der Waals surface area contributed by atoms with E-state index < -0.39 is 11.6 Å². The van der Waals surface area contributed by atoms with Crippen molar-refractivity contribution in [3.63, 3.8) is 0 Å². The molecule has 0 bridgehead atoms. The van der Waals surface area contributed by atoms with Crippen LogP contribution >= 0.6 is 11.8 Å². The van der Waals surface area contributed by atoms with E-state index in [1.165, 1.54) is 18.2 Å². The van der Waals surface area contributed by atoms with Crippen LogP contribution in [0.2, 0.25) is 0 Å². The van der Waals surface area contributed by atoms with Crippen molar-refractivity contribution in [2.24, 2.45) is 0 Å². The van der Waals surface area contributed by atoms with Crippen LogP contribution in [0, 0.1) is 11.6 Å². The first kappa shape index (κ1) is 13.5. The smallest absolute Gasteiger partial charge is 0.155 e. The lowest BCUT2D eigenvalue weighted by Crippen LogP contribution is -2.45. The van der Waals surface area contributed by atoms with Crippen LogP contribution in [-0.4, -0.2) is 41.8 Å². The molecule has 2 rings (SSSR count). The zero-order valence-corrected chi connectivity index (χ0v) is 11.0. The Morgan fingerprint density at radius 2 is 2.11 bits per heavy atom. The fraction of sp³-hybridized carbons (Fsp3) is 0.462. The van der Waals surface area contributed by atoms with Gasteiger partial charge in [0.15, 0.2) is 5.78 Å². The molecule has 0 N–H and O–H groups in total. The highest BCUT2D eigenvalue weighted by molar-refractivity contribution is 7.99. The Labute approximate surface area is 109 Å². The van der Waals surface area contributed by atoms with E-state index in [2.05, 4.69) is 0 Å². The molecule has 0 aliphatic carbocycles. The highest BCUT2D eigenvalue weighted by Crippen LogP contribution is 2.19. The van der Waals surface area contributed by atoms with Crippen molar-refractivity contribution in [1.82, 2.24) is 4.90 Å². The van der Waals surface area contributed by atoms with Crippen LogP contribution in [0.4, 0.5) is 8.78 Å². The first-order chi connectivity index (χ1) is 8.59. The monoisotopic (exact) mass is 271 g/mol. The average Bonchev–Trinajstić information content (AvgIpc) is 2.34. The quantitative estimate of drug-likeness (QED) is 0.840. The Hall–Kier alpha value is -0.940. The maximum atomic E-state index is 13.5. The molecule has 5 heteroatoms. The largest absolute Gasteiger partial charge is 0.298 e. The molecule has 0 amide bonds. The van der Waals surface area contributed by atoms with E-state index in [1.807, 2.05) is 11.9 Å². The van der Waals surface area contributed by atoms with Gasteiger partial charge in [-0.05, 0) is 19.2 Å². The maximum absolute atomic E-state index is 13.5.